The van der Waals surface area contributed by atoms with E-state index in [0.717, 1.165) is 16.7 Å². The van der Waals surface area contributed by atoms with Crippen molar-refractivity contribution < 1.29 is 19.4 Å². The number of aromatic nitrogens is 2. The van der Waals surface area contributed by atoms with Gasteiger partial charge in [-0.15, -0.1) is 0 Å². The molecule has 31 heavy (non-hydrogen) atoms. The normalized spacial score (nSPS) is 11.0. The SMILES string of the molecule is CCOC(=O)/C(C#N)=C\c1cn(CCC(=O)O)nc1-c1ccc(-c2ccccc2)cc1. The number of rotatable bonds is 8. The van der Waals surface area contributed by atoms with Crippen molar-refractivity contribution in [1.82, 2.24) is 9.78 Å². The summed E-state index contributed by atoms with van der Waals surface area (Å²) in [6.45, 7) is 1.99. The van der Waals surface area contributed by atoms with Gasteiger partial charge in [0.15, 0.2) is 0 Å². The minimum Gasteiger partial charge on any atom is -0.481 e. The van der Waals surface area contributed by atoms with Crippen molar-refractivity contribution in [2.75, 3.05) is 6.61 Å². The van der Waals surface area contributed by atoms with E-state index < -0.39 is 11.9 Å². The fraction of sp³-hybridized carbons (Fsp3) is 0.167. The number of esters is 1. The Hall–Kier alpha value is -4.18. The molecule has 3 aromatic rings. The van der Waals surface area contributed by atoms with Crippen molar-refractivity contribution in [2.24, 2.45) is 0 Å². The number of carboxylic acid groups (broad SMARTS) is 1. The predicted octanol–water partition coefficient (Wildman–Crippen LogP) is 4.16. The van der Waals surface area contributed by atoms with Crippen LogP contribution in [0.15, 0.2) is 66.4 Å². The Balaban J connectivity index is 2.00. The fourth-order valence-electron chi connectivity index (χ4n) is 3.04. The zero-order valence-electron chi connectivity index (χ0n) is 17.0. The standard InChI is InChI=1S/C24H21N3O4/c1-2-31-24(30)20(15-25)14-21-16-27(13-12-22(28)29)26-23(21)19-10-8-18(9-11-19)17-6-4-3-5-7-17/h3-11,14,16H,2,12-13H2,1H3,(H,28,29)/b20-14-. The summed E-state index contributed by atoms with van der Waals surface area (Å²) in [5.41, 5.74) is 3.82. The van der Waals surface area contributed by atoms with Gasteiger partial charge in [-0.25, -0.2) is 4.79 Å². The van der Waals surface area contributed by atoms with Gasteiger partial charge in [0.1, 0.15) is 11.6 Å². The van der Waals surface area contributed by atoms with Crippen molar-refractivity contribution in [3.8, 4) is 28.5 Å². The Morgan fingerprint density at radius 2 is 1.74 bits per heavy atom. The van der Waals surface area contributed by atoms with Crippen molar-refractivity contribution in [3.05, 3.63) is 71.9 Å². The first-order chi connectivity index (χ1) is 15.0. The Morgan fingerprint density at radius 1 is 1.10 bits per heavy atom. The van der Waals surface area contributed by atoms with E-state index in [4.69, 9.17) is 9.84 Å². The average Bonchev–Trinajstić information content (AvgIpc) is 3.19. The number of carbonyl (C=O) groups is 2. The summed E-state index contributed by atoms with van der Waals surface area (Å²) in [7, 11) is 0. The van der Waals surface area contributed by atoms with Gasteiger partial charge in [-0.2, -0.15) is 10.4 Å². The molecule has 0 saturated carbocycles. The van der Waals surface area contributed by atoms with Crippen LogP contribution in [0.1, 0.15) is 18.9 Å². The van der Waals surface area contributed by atoms with Crippen molar-refractivity contribution >= 4 is 18.0 Å². The van der Waals surface area contributed by atoms with Gasteiger partial charge < -0.3 is 9.84 Å². The van der Waals surface area contributed by atoms with Crippen LogP contribution in [-0.2, 0) is 20.9 Å². The lowest BCUT2D eigenvalue weighted by atomic mass is 10.0. The maximum Gasteiger partial charge on any atom is 0.348 e. The predicted molar refractivity (Wildman–Crippen MR) is 116 cm³/mol. The first-order valence-electron chi connectivity index (χ1n) is 9.76. The molecule has 1 N–H and O–H groups in total. The van der Waals surface area contributed by atoms with Crippen LogP contribution in [0.3, 0.4) is 0 Å². The number of nitriles is 1. The summed E-state index contributed by atoms with van der Waals surface area (Å²) >= 11 is 0. The van der Waals surface area contributed by atoms with Crippen LogP contribution in [0.2, 0.25) is 0 Å². The number of carbonyl (C=O) groups excluding carboxylic acids is 1. The molecule has 7 heteroatoms. The zero-order valence-corrected chi connectivity index (χ0v) is 17.0. The Labute approximate surface area is 179 Å². The van der Waals surface area contributed by atoms with E-state index in [1.54, 1.807) is 13.1 Å². The third kappa shape index (κ3) is 5.46. The number of nitrogens with zero attached hydrogens (tertiary/aromatic N) is 3. The van der Waals surface area contributed by atoms with E-state index in [9.17, 15) is 14.9 Å². The van der Waals surface area contributed by atoms with Gasteiger partial charge in [0.2, 0.25) is 0 Å². The lowest BCUT2D eigenvalue weighted by molar-refractivity contribution is -0.138. The highest BCUT2D eigenvalue weighted by atomic mass is 16.5. The van der Waals surface area contributed by atoms with Gasteiger partial charge in [-0.1, -0.05) is 54.6 Å². The minimum absolute atomic E-state index is 0.0970. The monoisotopic (exact) mass is 415 g/mol. The van der Waals surface area contributed by atoms with Crippen LogP contribution >= 0.6 is 0 Å². The highest BCUT2D eigenvalue weighted by Gasteiger charge is 2.15. The fourth-order valence-corrected chi connectivity index (χ4v) is 3.04. The molecule has 156 valence electrons. The Morgan fingerprint density at radius 3 is 2.35 bits per heavy atom. The first kappa shape index (κ1) is 21.5. The minimum atomic E-state index is -0.939. The number of aryl methyl sites for hydroxylation is 1. The quantitative estimate of drug-likeness (QED) is 0.336. The molecule has 0 aliphatic rings. The molecule has 0 fully saturated rings. The maximum atomic E-state index is 12.0. The largest absolute Gasteiger partial charge is 0.481 e. The number of benzene rings is 2. The molecule has 0 unspecified atom stereocenters. The molecule has 0 saturated heterocycles. The van der Waals surface area contributed by atoms with Crippen LogP contribution in [-0.4, -0.2) is 33.4 Å². The Kier molecular flexibility index (Phi) is 6.97. The lowest BCUT2D eigenvalue weighted by Gasteiger charge is -2.04. The molecule has 7 nitrogen and oxygen atoms in total. The van der Waals surface area contributed by atoms with Crippen LogP contribution in [0.4, 0.5) is 0 Å². The van der Waals surface area contributed by atoms with Crippen LogP contribution in [0.5, 0.6) is 0 Å². The molecular weight excluding hydrogens is 394 g/mol. The topological polar surface area (TPSA) is 105 Å². The molecule has 0 aliphatic carbocycles. The van der Waals surface area contributed by atoms with E-state index >= 15 is 0 Å². The highest BCUT2D eigenvalue weighted by molar-refractivity contribution is 5.98. The molecule has 0 atom stereocenters. The lowest BCUT2D eigenvalue weighted by Crippen LogP contribution is -2.06. The molecule has 1 heterocycles. The molecule has 0 aliphatic heterocycles. The summed E-state index contributed by atoms with van der Waals surface area (Å²) in [5.74, 6) is -1.65. The smallest absolute Gasteiger partial charge is 0.348 e. The number of carboxylic acids is 1. The summed E-state index contributed by atoms with van der Waals surface area (Å²) in [4.78, 5) is 23.0. The molecule has 2 aromatic carbocycles. The van der Waals surface area contributed by atoms with Gasteiger partial charge in [0.25, 0.3) is 0 Å². The maximum absolute atomic E-state index is 12.0. The molecule has 3 rings (SSSR count). The number of hydrogen-bond donors (Lipinski definition) is 1. The molecule has 0 amide bonds. The second-order valence-corrected chi connectivity index (χ2v) is 6.67. The van der Waals surface area contributed by atoms with E-state index in [-0.39, 0.29) is 25.1 Å². The summed E-state index contributed by atoms with van der Waals surface area (Å²) in [6.07, 6.45) is 2.95. The first-order valence-corrected chi connectivity index (χ1v) is 9.76. The summed E-state index contributed by atoms with van der Waals surface area (Å²) < 4.78 is 6.43. The third-order valence-electron chi connectivity index (χ3n) is 4.53. The Bertz CT molecular complexity index is 1140. The summed E-state index contributed by atoms with van der Waals surface area (Å²) in [5, 5.41) is 22.8. The molecule has 0 radical (unpaired) electrons. The van der Waals surface area contributed by atoms with Crippen molar-refractivity contribution in [1.29, 1.82) is 5.26 Å². The van der Waals surface area contributed by atoms with Crippen LogP contribution in [0, 0.1) is 11.3 Å². The highest BCUT2D eigenvalue weighted by Crippen LogP contribution is 2.28. The molecule has 1 aromatic heterocycles. The molecule has 0 bridgehead atoms. The van der Waals surface area contributed by atoms with Gasteiger partial charge in [0, 0.05) is 17.3 Å². The van der Waals surface area contributed by atoms with Crippen molar-refractivity contribution in [2.45, 2.75) is 19.9 Å². The van der Waals surface area contributed by atoms with Crippen LogP contribution < -0.4 is 0 Å². The van der Waals surface area contributed by atoms with Gasteiger partial charge in [-0.05, 0) is 24.1 Å². The van der Waals surface area contributed by atoms with Gasteiger partial charge >= 0.3 is 11.9 Å². The zero-order chi connectivity index (χ0) is 22.2. The van der Waals surface area contributed by atoms with E-state index in [1.165, 1.54) is 10.8 Å². The average molecular weight is 415 g/mol. The van der Waals surface area contributed by atoms with E-state index in [1.807, 2.05) is 60.7 Å². The van der Waals surface area contributed by atoms with Crippen molar-refractivity contribution in [3.63, 3.8) is 0 Å². The second kappa shape index (κ2) is 10.0. The number of aliphatic carboxylic acids is 1. The molecular formula is C24H21N3O4. The van der Waals surface area contributed by atoms with E-state index in [0.29, 0.717) is 11.3 Å². The second-order valence-electron chi connectivity index (χ2n) is 6.67. The molecule has 0 spiro atoms. The van der Waals surface area contributed by atoms with Gasteiger partial charge in [0.05, 0.1) is 25.3 Å². The van der Waals surface area contributed by atoms with Crippen LogP contribution in [0.25, 0.3) is 28.5 Å². The van der Waals surface area contributed by atoms with E-state index in [2.05, 4.69) is 5.10 Å². The third-order valence-corrected chi connectivity index (χ3v) is 4.53. The number of ether oxygens (including phenoxy) is 1. The number of hydrogen-bond acceptors (Lipinski definition) is 5. The van der Waals surface area contributed by atoms with Gasteiger partial charge in [-0.3, -0.25) is 9.48 Å². The summed E-state index contributed by atoms with van der Waals surface area (Å²) in [6, 6.07) is 19.5.